The van der Waals surface area contributed by atoms with Crippen LogP contribution >= 0.6 is 0 Å². The van der Waals surface area contributed by atoms with Crippen LogP contribution in [0, 0.1) is 12.7 Å². The summed E-state index contributed by atoms with van der Waals surface area (Å²) in [5, 5.41) is 0. The maximum atomic E-state index is 13.3. The van der Waals surface area contributed by atoms with Crippen LogP contribution in [0.5, 0.6) is 0 Å². The second kappa shape index (κ2) is 4.18. The number of hydrogen-bond acceptors (Lipinski definition) is 1. The quantitative estimate of drug-likeness (QED) is 0.519. The number of aryl methyl sites for hydroxylation is 1. The standard InChI is InChI=1S/C12H13FO/c1-8(2)6-12(14)10-5-4-9(3)7-11(10)13/h4-7H,1-3H3. The van der Waals surface area contributed by atoms with Crippen LogP contribution in [-0.4, -0.2) is 5.78 Å². The Bertz CT molecular complexity index is 387. The molecule has 0 aliphatic carbocycles. The SMILES string of the molecule is CC(C)=CC(=O)c1ccc(C)cc1F. The van der Waals surface area contributed by atoms with Gasteiger partial charge in [0.05, 0.1) is 5.56 Å². The van der Waals surface area contributed by atoms with E-state index in [9.17, 15) is 9.18 Å². The third-order valence-corrected chi connectivity index (χ3v) is 1.81. The number of ketones is 1. The Hall–Kier alpha value is -1.44. The summed E-state index contributed by atoms with van der Waals surface area (Å²) in [5.74, 6) is -0.727. The number of halogens is 1. The van der Waals surface area contributed by atoms with E-state index in [0.29, 0.717) is 0 Å². The van der Waals surface area contributed by atoms with Crippen molar-refractivity contribution in [3.63, 3.8) is 0 Å². The molecule has 0 amide bonds. The number of hydrogen-bond donors (Lipinski definition) is 0. The third-order valence-electron chi connectivity index (χ3n) is 1.81. The molecule has 74 valence electrons. The fourth-order valence-electron chi connectivity index (χ4n) is 1.16. The molecule has 0 N–H and O–H groups in total. The third kappa shape index (κ3) is 2.52. The van der Waals surface area contributed by atoms with Crippen LogP contribution in [0.4, 0.5) is 4.39 Å². The van der Waals surface area contributed by atoms with Crippen LogP contribution in [0.2, 0.25) is 0 Å². The fourth-order valence-corrected chi connectivity index (χ4v) is 1.16. The van der Waals surface area contributed by atoms with Crippen molar-refractivity contribution in [3.8, 4) is 0 Å². The molecular formula is C12H13FO. The highest BCUT2D eigenvalue weighted by Gasteiger charge is 2.08. The zero-order valence-corrected chi connectivity index (χ0v) is 8.60. The summed E-state index contributed by atoms with van der Waals surface area (Å²) in [6, 6.07) is 4.62. The Morgan fingerprint density at radius 2 is 2.00 bits per heavy atom. The topological polar surface area (TPSA) is 17.1 Å². The number of allylic oxidation sites excluding steroid dienone is 2. The first kappa shape index (κ1) is 10.6. The molecular weight excluding hydrogens is 179 g/mol. The zero-order valence-electron chi connectivity index (χ0n) is 8.60. The maximum absolute atomic E-state index is 13.3. The van der Waals surface area contributed by atoms with Gasteiger partial charge in [-0.1, -0.05) is 11.6 Å². The molecule has 1 aromatic rings. The van der Waals surface area contributed by atoms with Crippen LogP contribution in [0.15, 0.2) is 29.8 Å². The average molecular weight is 192 g/mol. The number of rotatable bonds is 2. The molecule has 0 spiro atoms. The molecule has 0 saturated carbocycles. The van der Waals surface area contributed by atoms with E-state index in [0.717, 1.165) is 11.1 Å². The summed E-state index contributed by atoms with van der Waals surface area (Å²) in [6.07, 6.45) is 1.44. The molecule has 1 rings (SSSR count). The molecule has 0 radical (unpaired) electrons. The van der Waals surface area contributed by atoms with E-state index in [-0.39, 0.29) is 11.3 Å². The van der Waals surface area contributed by atoms with Crippen LogP contribution in [0.3, 0.4) is 0 Å². The van der Waals surface area contributed by atoms with E-state index in [1.807, 2.05) is 13.8 Å². The summed E-state index contributed by atoms with van der Waals surface area (Å²) >= 11 is 0. The Morgan fingerprint density at radius 1 is 1.36 bits per heavy atom. The van der Waals surface area contributed by atoms with Gasteiger partial charge in [0.1, 0.15) is 5.82 Å². The van der Waals surface area contributed by atoms with Crippen molar-refractivity contribution in [3.05, 3.63) is 46.8 Å². The second-order valence-electron chi connectivity index (χ2n) is 3.57. The molecule has 0 aliphatic heterocycles. The Morgan fingerprint density at radius 3 is 2.50 bits per heavy atom. The minimum absolute atomic E-state index is 0.136. The van der Waals surface area contributed by atoms with Crippen molar-refractivity contribution in [2.75, 3.05) is 0 Å². The van der Waals surface area contributed by atoms with Crippen molar-refractivity contribution in [1.29, 1.82) is 0 Å². The molecule has 2 heteroatoms. The first-order chi connectivity index (χ1) is 6.50. The maximum Gasteiger partial charge on any atom is 0.188 e. The van der Waals surface area contributed by atoms with Gasteiger partial charge in [-0.3, -0.25) is 4.79 Å². The lowest BCUT2D eigenvalue weighted by Gasteiger charge is -2.00. The van der Waals surface area contributed by atoms with Crippen LogP contribution in [0.1, 0.15) is 29.8 Å². The normalized spacial score (nSPS) is 9.71. The van der Waals surface area contributed by atoms with Gasteiger partial charge in [0.2, 0.25) is 0 Å². The highest BCUT2D eigenvalue weighted by molar-refractivity contribution is 6.05. The molecule has 0 unspecified atom stereocenters. The van der Waals surface area contributed by atoms with E-state index >= 15 is 0 Å². The predicted octanol–water partition coefficient (Wildman–Crippen LogP) is 3.28. The van der Waals surface area contributed by atoms with Crippen molar-refractivity contribution in [1.82, 2.24) is 0 Å². The van der Waals surface area contributed by atoms with E-state index in [1.165, 1.54) is 18.2 Å². The molecule has 0 fully saturated rings. The van der Waals surface area contributed by atoms with Gasteiger partial charge in [0.15, 0.2) is 5.78 Å². The van der Waals surface area contributed by atoms with E-state index < -0.39 is 5.82 Å². The van der Waals surface area contributed by atoms with Crippen LogP contribution < -0.4 is 0 Å². The Balaban J connectivity index is 3.08. The largest absolute Gasteiger partial charge is 0.289 e. The Labute approximate surface area is 83.3 Å². The van der Waals surface area contributed by atoms with Gasteiger partial charge < -0.3 is 0 Å². The zero-order chi connectivity index (χ0) is 10.7. The lowest BCUT2D eigenvalue weighted by atomic mass is 10.1. The van der Waals surface area contributed by atoms with Gasteiger partial charge in [0, 0.05) is 0 Å². The number of carbonyl (C=O) groups excluding carboxylic acids is 1. The minimum Gasteiger partial charge on any atom is -0.289 e. The summed E-state index contributed by atoms with van der Waals surface area (Å²) in [6.45, 7) is 5.41. The average Bonchev–Trinajstić information content (AvgIpc) is 2.01. The second-order valence-corrected chi connectivity index (χ2v) is 3.57. The highest BCUT2D eigenvalue weighted by atomic mass is 19.1. The molecule has 0 aromatic heterocycles. The van der Waals surface area contributed by atoms with Crippen molar-refractivity contribution in [2.24, 2.45) is 0 Å². The lowest BCUT2D eigenvalue weighted by molar-refractivity contribution is 0.104. The molecule has 0 saturated heterocycles. The van der Waals surface area contributed by atoms with Crippen molar-refractivity contribution in [2.45, 2.75) is 20.8 Å². The van der Waals surface area contributed by atoms with Crippen LogP contribution in [0.25, 0.3) is 0 Å². The molecule has 0 atom stereocenters. The number of benzene rings is 1. The molecule has 0 aliphatic rings. The van der Waals surface area contributed by atoms with E-state index in [2.05, 4.69) is 0 Å². The minimum atomic E-state index is -0.451. The predicted molar refractivity (Wildman–Crippen MR) is 54.9 cm³/mol. The van der Waals surface area contributed by atoms with E-state index in [1.54, 1.807) is 13.0 Å². The van der Waals surface area contributed by atoms with Gasteiger partial charge in [0.25, 0.3) is 0 Å². The lowest BCUT2D eigenvalue weighted by Crippen LogP contribution is -1.99. The molecule has 0 bridgehead atoms. The fraction of sp³-hybridized carbons (Fsp3) is 0.250. The van der Waals surface area contributed by atoms with Gasteiger partial charge >= 0.3 is 0 Å². The van der Waals surface area contributed by atoms with Crippen LogP contribution in [-0.2, 0) is 0 Å². The Kier molecular flexibility index (Phi) is 3.18. The van der Waals surface area contributed by atoms with Gasteiger partial charge in [-0.2, -0.15) is 0 Å². The summed E-state index contributed by atoms with van der Waals surface area (Å²) in [7, 11) is 0. The number of carbonyl (C=O) groups is 1. The van der Waals surface area contributed by atoms with Crippen molar-refractivity contribution >= 4 is 5.78 Å². The highest BCUT2D eigenvalue weighted by Crippen LogP contribution is 2.11. The summed E-state index contributed by atoms with van der Waals surface area (Å²) < 4.78 is 13.3. The van der Waals surface area contributed by atoms with Crippen molar-refractivity contribution < 1.29 is 9.18 Å². The molecule has 0 heterocycles. The summed E-state index contributed by atoms with van der Waals surface area (Å²) in [4.78, 5) is 11.5. The van der Waals surface area contributed by atoms with Gasteiger partial charge in [-0.25, -0.2) is 4.39 Å². The summed E-state index contributed by atoms with van der Waals surface area (Å²) in [5.41, 5.74) is 1.82. The molecule has 1 nitrogen and oxygen atoms in total. The first-order valence-electron chi connectivity index (χ1n) is 4.46. The van der Waals surface area contributed by atoms with E-state index in [4.69, 9.17) is 0 Å². The monoisotopic (exact) mass is 192 g/mol. The first-order valence-corrected chi connectivity index (χ1v) is 4.46. The molecule has 14 heavy (non-hydrogen) atoms. The molecule has 1 aromatic carbocycles. The van der Waals surface area contributed by atoms with Gasteiger partial charge in [-0.05, 0) is 44.5 Å². The smallest absolute Gasteiger partial charge is 0.188 e. The van der Waals surface area contributed by atoms with Gasteiger partial charge in [-0.15, -0.1) is 0 Å².